The van der Waals surface area contributed by atoms with Gasteiger partial charge < -0.3 is 5.32 Å². The maximum atomic E-state index is 13.3. The number of imide groups is 1. The summed E-state index contributed by atoms with van der Waals surface area (Å²) in [7, 11) is 0. The molecule has 0 spiro atoms. The molecular formula is C25H30N2O3. The standard InChI is InChI=1S/C25H30N2O3/c1-6-25(19-10-8-7-9-11-19)23(29)27(24(30)26-25)15-22(28)20-13-12-18(16(2)3)14-21(20)17(4)5/h7-14,16-17H,6,15H2,1-5H3,(H,26,30). The predicted octanol–water partition coefficient (Wildman–Crippen LogP) is 4.97. The van der Waals surface area contributed by atoms with Crippen LogP contribution in [0.2, 0.25) is 0 Å². The number of hydrogen-bond donors (Lipinski definition) is 1. The Labute approximate surface area is 178 Å². The van der Waals surface area contributed by atoms with Crippen LogP contribution in [0, 0.1) is 0 Å². The molecule has 1 N–H and O–H groups in total. The van der Waals surface area contributed by atoms with Crippen molar-refractivity contribution in [2.45, 2.75) is 58.4 Å². The van der Waals surface area contributed by atoms with Crippen molar-refractivity contribution in [2.24, 2.45) is 0 Å². The van der Waals surface area contributed by atoms with Crippen LogP contribution in [0.5, 0.6) is 0 Å². The Bertz CT molecular complexity index is 966. The zero-order valence-corrected chi connectivity index (χ0v) is 18.4. The van der Waals surface area contributed by atoms with E-state index in [0.717, 1.165) is 16.0 Å². The number of hydrogen-bond acceptors (Lipinski definition) is 3. The number of nitrogens with one attached hydrogen (secondary N) is 1. The van der Waals surface area contributed by atoms with Gasteiger partial charge >= 0.3 is 6.03 Å². The van der Waals surface area contributed by atoms with Crippen molar-refractivity contribution in [1.82, 2.24) is 10.2 Å². The first-order chi connectivity index (χ1) is 14.2. The van der Waals surface area contributed by atoms with Gasteiger partial charge in [-0.15, -0.1) is 0 Å². The molecular weight excluding hydrogens is 376 g/mol. The average molecular weight is 407 g/mol. The molecule has 0 aromatic heterocycles. The first kappa shape index (κ1) is 21.8. The fraction of sp³-hybridized carbons (Fsp3) is 0.400. The minimum Gasteiger partial charge on any atom is -0.319 e. The third-order valence-electron chi connectivity index (χ3n) is 5.94. The highest BCUT2D eigenvalue weighted by atomic mass is 16.2. The number of carbonyl (C=O) groups is 3. The zero-order chi connectivity index (χ0) is 22.1. The minimum absolute atomic E-state index is 0.157. The lowest BCUT2D eigenvalue weighted by Crippen LogP contribution is -2.43. The van der Waals surface area contributed by atoms with Gasteiger partial charge in [0.2, 0.25) is 0 Å². The molecule has 5 heteroatoms. The Hall–Kier alpha value is -2.95. The van der Waals surface area contributed by atoms with Crippen molar-refractivity contribution < 1.29 is 14.4 Å². The quantitative estimate of drug-likeness (QED) is 0.521. The van der Waals surface area contributed by atoms with E-state index in [1.54, 1.807) is 0 Å². The Morgan fingerprint density at radius 1 is 1.00 bits per heavy atom. The fourth-order valence-corrected chi connectivity index (χ4v) is 4.03. The highest BCUT2D eigenvalue weighted by Gasteiger charge is 2.51. The van der Waals surface area contributed by atoms with E-state index < -0.39 is 11.6 Å². The second-order valence-electron chi connectivity index (χ2n) is 8.53. The van der Waals surface area contributed by atoms with Crippen molar-refractivity contribution in [3.8, 4) is 0 Å². The fourth-order valence-electron chi connectivity index (χ4n) is 4.03. The summed E-state index contributed by atoms with van der Waals surface area (Å²) < 4.78 is 0. The Kier molecular flexibility index (Phi) is 6.11. The maximum Gasteiger partial charge on any atom is 0.325 e. The summed E-state index contributed by atoms with van der Waals surface area (Å²) in [5.74, 6) is -0.0876. The van der Waals surface area contributed by atoms with E-state index in [0.29, 0.717) is 17.9 Å². The van der Waals surface area contributed by atoms with Crippen molar-refractivity contribution in [2.75, 3.05) is 6.54 Å². The van der Waals surface area contributed by atoms with Gasteiger partial charge in [-0.1, -0.05) is 83.1 Å². The largest absolute Gasteiger partial charge is 0.325 e. The van der Waals surface area contributed by atoms with E-state index in [4.69, 9.17) is 0 Å². The van der Waals surface area contributed by atoms with Gasteiger partial charge in [0.05, 0.1) is 6.54 Å². The van der Waals surface area contributed by atoms with Crippen LogP contribution < -0.4 is 5.32 Å². The summed E-state index contributed by atoms with van der Waals surface area (Å²) in [6, 6.07) is 14.5. The molecule has 0 aliphatic carbocycles. The second-order valence-corrected chi connectivity index (χ2v) is 8.53. The summed E-state index contributed by atoms with van der Waals surface area (Å²) in [6.07, 6.45) is 0.409. The molecule has 30 heavy (non-hydrogen) atoms. The molecule has 2 aromatic carbocycles. The molecule has 0 radical (unpaired) electrons. The lowest BCUT2D eigenvalue weighted by atomic mass is 9.87. The minimum atomic E-state index is -1.12. The monoisotopic (exact) mass is 406 g/mol. The van der Waals surface area contributed by atoms with Gasteiger partial charge in [-0.3, -0.25) is 14.5 Å². The topological polar surface area (TPSA) is 66.5 Å². The van der Waals surface area contributed by atoms with Crippen LogP contribution >= 0.6 is 0 Å². The van der Waals surface area contributed by atoms with E-state index in [1.165, 1.54) is 5.56 Å². The summed E-state index contributed by atoms with van der Waals surface area (Å²) >= 11 is 0. The van der Waals surface area contributed by atoms with E-state index in [9.17, 15) is 14.4 Å². The number of ketones is 1. The van der Waals surface area contributed by atoms with Gasteiger partial charge in [-0.05, 0) is 34.9 Å². The third-order valence-corrected chi connectivity index (χ3v) is 5.94. The molecule has 0 bridgehead atoms. The molecule has 5 nitrogen and oxygen atoms in total. The molecule has 1 aliphatic heterocycles. The number of Topliss-reactive ketones (excluding diaryl/α,β-unsaturated/α-hetero) is 1. The van der Waals surface area contributed by atoms with E-state index in [2.05, 4.69) is 25.2 Å². The normalized spacial score (nSPS) is 19.0. The number of nitrogens with zero attached hydrogens (tertiary/aromatic N) is 1. The molecule has 2 aromatic rings. The van der Waals surface area contributed by atoms with Crippen LogP contribution in [0.15, 0.2) is 48.5 Å². The Balaban J connectivity index is 1.91. The lowest BCUT2D eigenvalue weighted by Gasteiger charge is -2.25. The molecule has 1 aliphatic rings. The lowest BCUT2D eigenvalue weighted by molar-refractivity contribution is -0.131. The third kappa shape index (κ3) is 3.76. The molecule has 1 fully saturated rings. The molecule has 1 unspecified atom stereocenters. The number of rotatable bonds is 7. The molecule has 3 amide bonds. The van der Waals surface area contributed by atoms with Crippen LogP contribution in [0.3, 0.4) is 0 Å². The van der Waals surface area contributed by atoms with Crippen molar-refractivity contribution in [3.05, 3.63) is 70.8 Å². The van der Waals surface area contributed by atoms with Gasteiger partial charge in [-0.2, -0.15) is 0 Å². The molecule has 1 saturated heterocycles. The molecule has 158 valence electrons. The zero-order valence-electron chi connectivity index (χ0n) is 18.4. The number of carbonyl (C=O) groups excluding carboxylic acids is 3. The first-order valence-corrected chi connectivity index (χ1v) is 10.6. The van der Waals surface area contributed by atoms with Gasteiger partial charge in [0.1, 0.15) is 5.54 Å². The highest BCUT2D eigenvalue weighted by molar-refractivity contribution is 6.11. The summed E-state index contributed by atoms with van der Waals surface area (Å²) in [5.41, 5.74) is 2.29. The van der Waals surface area contributed by atoms with Gasteiger partial charge in [-0.25, -0.2) is 4.79 Å². The number of urea groups is 1. The summed E-state index contributed by atoms with van der Waals surface area (Å²) in [6.45, 7) is 9.91. The van der Waals surface area contributed by atoms with E-state index >= 15 is 0 Å². The van der Waals surface area contributed by atoms with Crippen molar-refractivity contribution >= 4 is 17.7 Å². The Morgan fingerprint density at radius 2 is 1.67 bits per heavy atom. The first-order valence-electron chi connectivity index (χ1n) is 10.6. The van der Waals surface area contributed by atoms with Crippen LogP contribution in [0.1, 0.15) is 79.9 Å². The number of amides is 3. The maximum absolute atomic E-state index is 13.3. The van der Waals surface area contributed by atoms with E-state index in [-0.39, 0.29) is 24.2 Å². The molecule has 0 saturated carbocycles. The van der Waals surface area contributed by atoms with Gasteiger partial charge in [0, 0.05) is 5.56 Å². The van der Waals surface area contributed by atoms with Crippen molar-refractivity contribution in [1.29, 1.82) is 0 Å². The SMILES string of the molecule is CCC1(c2ccccc2)NC(=O)N(CC(=O)c2ccc(C(C)C)cc2C(C)C)C1=O. The molecule has 3 rings (SSSR count). The summed E-state index contributed by atoms with van der Waals surface area (Å²) in [4.78, 5) is 40.2. The van der Waals surface area contributed by atoms with Crippen LogP contribution in [-0.2, 0) is 10.3 Å². The predicted molar refractivity (Wildman–Crippen MR) is 118 cm³/mol. The van der Waals surface area contributed by atoms with Crippen LogP contribution in [0.4, 0.5) is 4.79 Å². The van der Waals surface area contributed by atoms with Crippen LogP contribution in [-0.4, -0.2) is 29.2 Å². The van der Waals surface area contributed by atoms with Crippen LogP contribution in [0.25, 0.3) is 0 Å². The second kappa shape index (κ2) is 8.42. The smallest absolute Gasteiger partial charge is 0.319 e. The number of benzene rings is 2. The summed E-state index contributed by atoms with van der Waals surface area (Å²) in [5, 5.41) is 2.84. The highest BCUT2D eigenvalue weighted by Crippen LogP contribution is 2.33. The van der Waals surface area contributed by atoms with E-state index in [1.807, 2.05) is 63.2 Å². The molecule has 1 atom stereocenters. The Morgan fingerprint density at radius 3 is 2.23 bits per heavy atom. The van der Waals surface area contributed by atoms with Gasteiger partial charge in [0.15, 0.2) is 5.78 Å². The van der Waals surface area contributed by atoms with Gasteiger partial charge in [0.25, 0.3) is 5.91 Å². The van der Waals surface area contributed by atoms with Crippen molar-refractivity contribution in [3.63, 3.8) is 0 Å². The molecule has 1 heterocycles. The average Bonchev–Trinajstić information content (AvgIpc) is 2.98.